The quantitative estimate of drug-likeness (QED) is 0.620. The Labute approximate surface area is 93.4 Å². The lowest BCUT2D eigenvalue weighted by Gasteiger charge is -2.17. The molecule has 0 aromatic heterocycles. The van der Waals surface area contributed by atoms with Crippen molar-refractivity contribution in [3.05, 3.63) is 12.2 Å². The molecule has 15 heavy (non-hydrogen) atoms. The Morgan fingerprint density at radius 1 is 1.27 bits per heavy atom. The summed E-state index contributed by atoms with van der Waals surface area (Å²) in [5, 5.41) is 8.91. The van der Waals surface area contributed by atoms with Gasteiger partial charge in [-0.25, -0.2) is 0 Å². The molecule has 0 heterocycles. The zero-order valence-corrected chi connectivity index (χ0v) is 10.2. The maximum absolute atomic E-state index is 10.8. The third kappa shape index (κ3) is 6.32. The van der Waals surface area contributed by atoms with E-state index >= 15 is 0 Å². The lowest BCUT2D eigenvalue weighted by Crippen LogP contribution is -2.19. The first-order valence-electron chi connectivity index (χ1n) is 6.01. The molecule has 88 valence electrons. The van der Waals surface area contributed by atoms with Gasteiger partial charge in [0.2, 0.25) is 0 Å². The Morgan fingerprint density at radius 2 is 1.87 bits per heavy atom. The van der Waals surface area contributed by atoms with Crippen LogP contribution in [0.1, 0.15) is 52.9 Å². The minimum atomic E-state index is -0.667. The van der Waals surface area contributed by atoms with Crippen LogP contribution >= 0.6 is 0 Å². The van der Waals surface area contributed by atoms with Gasteiger partial charge in [-0.15, -0.1) is 0 Å². The molecule has 0 aliphatic heterocycles. The largest absolute Gasteiger partial charge is 0.481 e. The van der Waals surface area contributed by atoms with Gasteiger partial charge in [-0.05, 0) is 25.2 Å². The van der Waals surface area contributed by atoms with Gasteiger partial charge in [-0.1, -0.05) is 45.8 Å². The highest BCUT2D eigenvalue weighted by molar-refractivity contribution is 5.69. The topological polar surface area (TPSA) is 37.3 Å². The fraction of sp³-hybridized carbons (Fsp3) is 0.769. The first-order valence-corrected chi connectivity index (χ1v) is 6.01. The van der Waals surface area contributed by atoms with E-state index in [4.69, 9.17) is 5.11 Å². The number of carboxylic acids is 1. The standard InChI is InChI=1S/C13H24O2/c1-4-6-7-8-9-10-12(5-2)11(3)13(14)15/h7-8,11-12H,4-6,9-10H2,1-3H3,(H,14,15)/b8-7+. The van der Waals surface area contributed by atoms with Crippen LogP contribution in [0, 0.1) is 11.8 Å². The number of carbonyl (C=O) groups is 1. The Balaban J connectivity index is 3.85. The Kier molecular flexibility index (Phi) is 8.06. The third-order valence-electron chi connectivity index (χ3n) is 2.95. The Morgan fingerprint density at radius 3 is 2.33 bits per heavy atom. The average Bonchev–Trinajstić information content (AvgIpc) is 2.22. The van der Waals surface area contributed by atoms with Gasteiger partial charge in [0.1, 0.15) is 0 Å². The van der Waals surface area contributed by atoms with Crippen LogP contribution in [0.15, 0.2) is 12.2 Å². The Bertz CT molecular complexity index is 197. The van der Waals surface area contributed by atoms with E-state index in [1.54, 1.807) is 0 Å². The highest BCUT2D eigenvalue weighted by atomic mass is 16.4. The second-order valence-electron chi connectivity index (χ2n) is 4.13. The summed E-state index contributed by atoms with van der Waals surface area (Å²) in [6.07, 6.45) is 9.64. The van der Waals surface area contributed by atoms with Crippen LogP contribution in [0.4, 0.5) is 0 Å². The van der Waals surface area contributed by atoms with Gasteiger partial charge in [-0.2, -0.15) is 0 Å². The van der Waals surface area contributed by atoms with E-state index in [2.05, 4.69) is 26.0 Å². The molecular weight excluding hydrogens is 188 g/mol. The van der Waals surface area contributed by atoms with E-state index in [1.807, 2.05) is 6.92 Å². The maximum Gasteiger partial charge on any atom is 0.306 e. The summed E-state index contributed by atoms with van der Waals surface area (Å²) in [6.45, 7) is 6.04. The molecule has 0 saturated carbocycles. The average molecular weight is 212 g/mol. The number of rotatable bonds is 8. The van der Waals surface area contributed by atoms with E-state index in [0.29, 0.717) is 5.92 Å². The van der Waals surface area contributed by atoms with Crippen molar-refractivity contribution < 1.29 is 9.90 Å². The molecule has 2 atom stereocenters. The van der Waals surface area contributed by atoms with Crippen molar-refractivity contribution in [3.63, 3.8) is 0 Å². The normalized spacial score (nSPS) is 15.4. The number of allylic oxidation sites excluding steroid dienone is 2. The first kappa shape index (κ1) is 14.2. The smallest absolute Gasteiger partial charge is 0.306 e. The summed E-state index contributed by atoms with van der Waals surface area (Å²) in [4.78, 5) is 10.8. The van der Waals surface area contributed by atoms with E-state index in [-0.39, 0.29) is 5.92 Å². The molecule has 0 spiro atoms. The summed E-state index contributed by atoms with van der Waals surface area (Å²) in [5.74, 6) is -0.567. The van der Waals surface area contributed by atoms with E-state index in [1.165, 1.54) is 6.42 Å². The van der Waals surface area contributed by atoms with E-state index in [9.17, 15) is 4.79 Å². The van der Waals surface area contributed by atoms with Gasteiger partial charge in [0.05, 0.1) is 5.92 Å². The van der Waals surface area contributed by atoms with Crippen LogP contribution in [0.5, 0.6) is 0 Å². The SMILES string of the molecule is CCC/C=C/CCC(CC)C(C)C(=O)O. The summed E-state index contributed by atoms with van der Waals surface area (Å²) in [6, 6.07) is 0. The fourth-order valence-electron chi connectivity index (χ4n) is 1.72. The number of aliphatic carboxylic acids is 1. The number of carboxylic acid groups (broad SMARTS) is 1. The summed E-state index contributed by atoms with van der Waals surface area (Å²) in [7, 11) is 0. The molecule has 0 bridgehead atoms. The molecule has 0 fully saturated rings. The number of unbranched alkanes of at least 4 members (excludes halogenated alkanes) is 1. The zero-order chi connectivity index (χ0) is 11.7. The molecule has 2 nitrogen and oxygen atoms in total. The third-order valence-corrected chi connectivity index (χ3v) is 2.95. The predicted octanol–water partition coefficient (Wildman–Crippen LogP) is 3.87. The highest BCUT2D eigenvalue weighted by Gasteiger charge is 2.20. The zero-order valence-electron chi connectivity index (χ0n) is 10.2. The molecule has 0 radical (unpaired) electrons. The minimum Gasteiger partial charge on any atom is -0.481 e. The molecule has 0 aromatic rings. The molecule has 2 heteroatoms. The van der Waals surface area contributed by atoms with Crippen LogP contribution in [-0.2, 0) is 4.79 Å². The molecule has 2 unspecified atom stereocenters. The lowest BCUT2D eigenvalue weighted by molar-refractivity contribution is -0.143. The van der Waals surface area contributed by atoms with Crippen molar-refractivity contribution in [2.45, 2.75) is 52.9 Å². The van der Waals surface area contributed by atoms with Crippen molar-refractivity contribution in [1.82, 2.24) is 0 Å². The molecule has 0 saturated heterocycles. The molecule has 1 N–H and O–H groups in total. The van der Waals surface area contributed by atoms with Gasteiger partial charge >= 0.3 is 5.97 Å². The molecule has 0 aromatic carbocycles. The highest BCUT2D eigenvalue weighted by Crippen LogP contribution is 2.21. The van der Waals surface area contributed by atoms with Crippen molar-refractivity contribution in [3.8, 4) is 0 Å². The monoisotopic (exact) mass is 212 g/mol. The lowest BCUT2D eigenvalue weighted by atomic mass is 9.87. The number of hydrogen-bond acceptors (Lipinski definition) is 1. The van der Waals surface area contributed by atoms with Crippen LogP contribution in [0.3, 0.4) is 0 Å². The molecule has 0 amide bonds. The summed E-state index contributed by atoms with van der Waals surface area (Å²) in [5.41, 5.74) is 0. The van der Waals surface area contributed by atoms with Crippen molar-refractivity contribution in [2.24, 2.45) is 11.8 Å². The predicted molar refractivity (Wildman–Crippen MR) is 63.9 cm³/mol. The van der Waals surface area contributed by atoms with Gasteiger partial charge < -0.3 is 5.11 Å². The van der Waals surface area contributed by atoms with E-state index < -0.39 is 5.97 Å². The minimum absolute atomic E-state index is 0.213. The van der Waals surface area contributed by atoms with Crippen LogP contribution < -0.4 is 0 Å². The van der Waals surface area contributed by atoms with Crippen molar-refractivity contribution in [2.75, 3.05) is 0 Å². The maximum atomic E-state index is 10.8. The Hall–Kier alpha value is -0.790. The van der Waals surface area contributed by atoms with E-state index in [0.717, 1.165) is 25.7 Å². The van der Waals surface area contributed by atoms with Gasteiger partial charge in [0.25, 0.3) is 0 Å². The fourth-order valence-corrected chi connectivity index (χ4v) is 1.72. The molecule has 0 aliphatic rings. The summed E-state index contributed by atoms with van der Waals surface area (Å²) < 4.78 is 0. The van der Waals surface area contributed by atoms with Gasteiger partial charge in [0.15, 0.2) is 0 Å². The van der Waals surface area contributed by atoms with Gasteiger partial charge in [0, 0.05) is 0 Å². The number of hydrogen-bond donors (Lipinski definition) is 1. The van der Waals surface area contributed by atoms with Crippen LogP contribution in [0.25, 0.3) is 0 Å². The second-order valence-corrected chi connectivity index (χ2v) is 4.13. The van der Waals surface area contributed by atoms with Crippen molar-refractivity contribution >= 4 is 5.97 Å². The molecule has 0 aliphatic carbocycles. The molecular formula is C13H24O2. The van der Waals surface area contributed by atoms with Crippen LogP contribution in [-0.4, -0.2) is 11.1 Å². The van der Waals surface area contributed by atoms with Gasteiger partial charge in [-0.3, -0.25) is 4.79 Å². The van der Waals surface area contributed by atoms with Crippen LogP contribution in [0.2, 0.25) is 0 Å². The first-order chi connectivity index (χ1) is 7.13. The second kappa shape index (κ2) is 8.51. The molecule has 0 rings (SSSR count). The summed E-state index contributed by atoms with van der Waals surface area (Å²) >= 11 is 0. The van der Waals surface area contributed by atoms with Crippen molar-refractivity contribution in [1.29, 1.82) is 0 Å².